The lowest BCUT2D eigenvalue weighted by Crippen LogP contribution is -2.37. The Bertz CT molecular complexity index is 918. The van der Waals surface area contributed by atoms with Gasteiger partial charge in [0.15, 0.2) is 0 Å². The van der Waals surface area contributed by atoms with Crippen molar-refractivity contribution >= 4 is 34.8 Å². The summed E-state index contributed by atoms with van der Waals surface area (Å²) in [5.74, 6) is -0.622. The Hall–Kier alpha value is -2.12. The van der Waals surface area contributed by atoms with E-state index in [2.05, 4.69) is 5.32 Å². The number of carbonyl (C=O) groups is 2. The van der Waals surface area contributed by atoms with Crippen LogP contribution in [0, 0.1) is 5.92 Å². The number of pyridine rings is 1. The first-order chi connectivity index (χ1) is 13.1. The number of rotatable bonds is 7. The summed E-state index contributed by atoms with van der Waals surface area (Å²) in [5, 5.41) is 2.74. The van der Waals surface area contributed by atoms with Crippen LogP contribution in [0.1, 0.15) is 59.3 Å². The highest BCUT2D eigenvalue weighted by Gasteiger charge is 2.22. The second-order valence-corrected chi connectivity index (χ2v) is 9.22. The molecule has 2 amide bonds. The minimum atomic E-state index is -0.556. The van der Waals surface area contributed by atoms with Gasteiger partial charge in [-0.05, 0) is 31.9 Å². The number of aromatic nitrogens is 1. The average Bonchev–Trinajstić information content (AvgIpc) is 3.03. The van der Waals surface area contributed by atoms with Crippen LogP contribution in [-0.4, -0.2) is 34.9 Å². The second kappa shape index (κ2) is 9.39. The van der Waals surface area contributed by atoms with Crippen LogP contribution in [0.4, 0.5) is 0 Å². The predicted octanol–water partition coefficient (Wildman–Crippen LogP) is 3.80. The zero-order valence-electron chi connectivity index (χ0n) is 16.8. The van der Waals surface area contributed by atoms with E-state index in [9.17, 15) is 14.4 Å². The topological polar surface area (TPSA) is 71.4 Å². The fourth-order valence-electron chi connectivity index (χ4n) is 2.76. The minimum Gasteiger partial charge on any atom is -0.350 e. The molecule has 0 aliphatic rings. The van der Waals surface area contributed by atoms with Crippen LogP contribution in [0.2, 0.25) is 4.34 Å². The molecule has 0 fully saturated rings. The van der Waals surface area contributed by atoms with Crippen molar-refractivity contribution in [2.24, 2.45) is 5.92 Å². The van der Waals surface area contributed by atoms with Crippen molar-refractivity contribution in [2.75, 3.05) is 13.6 Å². The maximum absolute atomic E-state index is 12.9. The molecule has 2 aromatic heterocycles. The van der Waals surface area contributed by atoms with Crippen LogP contribution in [0.3, 0.4) is 0 Å². The van der Waals surface area contributed by atoms with Crippen molar-refractivity contribution < 1.29 is 9.59 Å². The second-order valence-electron chi connectivity index (χ2n) is 7.42. The van der Waals surface area contributed by atoms with E-state index in [0.29, 0.717) is 10.9 Å². The van der Waals surface area contributed by atoms with E-state index in [1.54, 1.807) is 17.7 Å². The summed E-state index contributed by atoms with van der Waals surface area (Å²) >= 11 is 7.27. The van der Waals surface area contributed by atoms with Crippen LogP contribution < -0.4 is 10.7 Å². The van der Waals surface area contributed by atoms with Crippen LogP contribution in [0.5, 0.6) is 0 Å². The Balaban J connectivity index is 2.35. The number of thiophene rings is 1. The molecule has 0 unspecified atom stereocenters. The Morgan fingerprint density at radius 1 is 1.18 bits per heavy atom. The van der Waals surface area contributed by atoms with E-state index < -0.39 is 11.3 Å². The maximum atomic E-state index is 12.9. The van der Waals surface area contributed by atoms with Crippen molar-refractivity contribution in [2.45, 2.75) is 40.3 Å². The summed E-state index contributed by atoms with van der Waals surface area (Å²) in [6.45, 7) is 8.63. The van der Waals surface area contributed by atoms with Gasteiger partial charge in [0.25, 0.3) is 11.8 Å². The average molecular weight is 424 g/mol. The summed E-state index contributed by atoms with van der Waals surface area (Å²) < 4.78 is 2.35. The number of carbonyl (C=O) groups excluding carboxylic acids is 2. The van der Waals surface area contributed by atoms with Gasteiger partial charge in [-0.1, -0.05) is 25.4 Å². The summed E-state index contributed by atoms with van der Waals surface area (Å²) in [6.07, 6.45) is 3.03. The van der Waals surface area contributed by atoms with Gasteiger partial charge in [0, 0.05) is 36.9 Å². The number of nitrogens with zero attached hydrogens (tertiary/aromatic N) is 2. The van der Waals surface area contributed by atoms with E-state index in [1.807, 2.05) is 33.8 Å². The molecule has 152 valence electrons. The fourth-order valence-corrected chi connectivity index (χ4v) is 3.78. The van der Waals surface area contributed by atoms with Crippen LogP contribution in [0.25, 0.3) is 0 Å². The molecule has 6 nitrogen and oxygen atoms in total. The SMILES string of the molecule is CC(C)CN(C)C(=O)c1cn(C(C)C)cc(C(=O)NCc2ccc(Cl)s2)c1=O. The Labute approximate surface area is 174 Å². The van der Waals surface area contributed by atoms with Gasteiger partial charge in [0.2, 0.25) is 5.43 Å². The van der Waals surface area contributed by atoms with Gasteiger partial charge in [-0.15, -0.1) is 11.3 Å². The molecule has 2 rings (SSSR count). The molecule has 0 saturated carbocycles. The Morgan fingerprint density at radius 3 is 2.36 bits per heavy atom. The van der Waals surface area contributed by atoms with E-state index in [-0.39, 0.29) is 35.5 Å². The fraction of sp³-hybridized carbons (Fsp3) is 0.450. The lowest BCUT2D eigenvalue weighted by atomic mass is 10.1. The van der Waals surface area contributed by atoms with E-state index in [0.717, 1.165) is 4.88 Å². The highest BCUT2D eigenvalue weighted by Crippen LogP contribution is 2.21. The molecule has 2 heterocycles. The van der Waals surface area contributed by atoms with Gasteiger partial charge < -0.3 is 14.8 Å². The molecule has 0 spiro atoms. The van der Waals surface area contributed by atoms with Crippen molar-refractivity contribution in [3.63, 3.8) is 0 Å². The van der Waals surface area contributed by atoms with Gasteiger partial charge in [0.1, 0.15) is 11.1 Å². The molecule has 0 aliphatic carbocycles. The molecule has 0 radical (unpaired) electrons. The number of hydrogen-bond donors (Lipinski definition) is 1. The van der Waals surface area contributed by atoms with E-state index >= 15 is 0 Å². The summed E-state index contributed by atoms with van der Waals surface area (Å²) in [5.41, 5.74) is -0.594. The molecule has 0 aliphatic heterocycles. The van der Waals surface area contributed by atoms with Gasteiger partial charge >= 0.3 is 0 Å². The largest absolute Gasteiger partial charge is 0.350 e. The number of hydrogen-bond acceptors (Lipinski definition) is 4. The first-order valence-electron chi connectivity index (χ1n) is 9.13. The van der Waals surface area contributed by atoms with Crippen molar-refractivity contribution in [3.05, 3.63) is 55.1 Å². The van der Waals surface area contributed by atoms with E-state index in [1.165, 1.54) is 28.6 Å². The molecule has 0 aromatic carbocycles. The minimum absolute atomic E-state index is 0.00340. The predicted molar refractivity (Wildman–Crippen MR) is 113 cm³/mol. The first kappa shape index (κ1) is 22.2. The normalized spacial score (nSPS) is 11.1. The van der Waals surface area contributed by atoms with Crippen LogP contribution in [-0.2, 0) is 6.54 Å². The third-order valence-electron chi connectivity index (χ3n) is 4.15. The van der Waals surface area contributed by atoms with Crippen molar-refractivity contribution in [1.29, 1.82) is 0 Å². The van der Waals surface area contributed by atoms with Gasteiger partial charge in [0.05, 0.1) is 10.9 Å². The summed E-state index contributed by atoms with van der Waals surface area (Å²) in [6, 6.07) is 3.56. The molecular formula is C20H26ClN3O3S. The maximum Gasteiger partial charge on any atom is 0.259 e. The van der Waals surface area contributed by atoms with Gasteiger partial charge in [-0.3, -0.25) is 14.4 Å². The molecule has 0 bridgehead atoms. The standard InChI is InChI=1S/C20H26ClN3O3S/c1-12(2)9-23(5)20(27)16-11-24(13(3)4)10-15(18(16)25)19(26)22-8-14-6-7-17(21)28-14/h6-7,10-13H,8-9H2,1-5H3,(H,22,26). The highest BCUT2D eigenvalue weighted by atomic mass is 35.5. The quantitative estimate of drug-likeness (QED) is 0.736. The third-order valence-corrected chi connectivity index (χ3v) is 5.39. The smallest absolute Gasteiger partial charge is 0.259 e. The third kappa shape index (κ3) is 5.45. The molecule has 0 atom stereocenters. The van der Waals surface area contributed by atoms with Gasteiger partial charge in [-0.25, -0.2) is 0 Å². The first-order valence-corrected chi connectivity index (χ1v) is 10.3. The van der Waals surface area contributed by atoms with Crippen molar-refractivity contribution in [3.8, 4) is 0 Å². The Morgan fingerprint density at radius 2 is 1.82 bits per heavy atom. The molecule has 1 N–H and O–H groups in total. The van der Waals surface area contributed by atoms with E-state index in [4.69, 9.17) is 11.6 Å². The molecule has 0 saturated heterocycles. The summed E-state index contributed by atoms with van der Waals surface area (Å²) in [7, 11) is 1.66. The monoisotopic (exact) mass is 423 g/mol. The zero-order valence-corrected chi connectivity index (χ0v) is 18.4. The van der Waals surface area contributed by atoms with Crippen LogP contribution >= 0.6 is 22.9 Å². The number of halogens is 1. The number of amides is 2. The van der Waals surface area contributed by atoms with Gasteiger partial charge in [-0.2, -0.15) is 0 Å². The van der Waals surface area contributed by atoms with Crippen molar-refractivity contribution in [1.82, 2.24) is 14.8 Å². The molecule has 28 heavy (non-hydrogen) atoms. The summed E-state index contributed by atoms with van der Waals surface area (Å²) in [4.78, 5) is 40.8. The lowest BCUT2D eigenvalue weighted by molar-refractivity contribution is 0.0777. The molecular weight excluding hydrogens is 398 g/mol. The Kier molecular flexibility index (Phi) is 7.43. The zero-order chi connectivity index (χ0) is 21.0. The highest BCUT2D eigenvalue weighted by molar-refractivity contribution is 7.16. The molecule has 8 heteroatoms. The van der Waals surface area contributed by atoms with Crippen LogP contribution in [0.15, 0.2) is 29.3 Å². The lowest BCUT2D eigenvalue weighted by Gasteiger charge is -2.21. The molecule has 2 aromatic rings. The number of nitrogens with one attached hydrogen (secondary N) is 1.